The number of nitrogens with zero attached hydrogens (tertiary/aromatic N) is 1. The molecule has 3 atom stereocenters. The number of likely N-dealkylation sites (tertiary alicyclic amines) is 1. The highest BCUT2D eigenvalue weighted by atomic mass is 127. The van der Waals surface area contributed by atoms with Crippen LogP contribution in [0.5, 0.6) is 0 Å². The SMILES string of the molecule is [B]c1cc(C(=O)N2CC(NC(=O)c3cc4c(c(C(F)(F)F)c3)COB4O)CC(I)C2C(=O)NCCC(C)=O)cc(C(F)(F)F)c1CO. The van der Waals surface area contributed by atoms with Crippen molar-refractivity contribution in [3.8, 4) is 0 Å². The van der Waals surface area contributed by atoms with Crippen LogP contribution in [0.15, 0.2) is 24.3 Å². The molecule has 0 aliphatic carbocycles. The number of benzene rings is 2. The summed E-state index contributed by atoms with van der Waals surface area (Å²) < 4.78 is 86.9. The summed E-state index contributed by atoms with van der Waals surface area (Å²) in [7, 11) is 4.05. The van der Waals surface area contributed by atoms with Crippen molar-refractivity contribution in [2.45, 2.75) is 61.3 Å². The first-order chi connectivity index (χ1) is 21.8. The molecular formula is C28H26B2F6IN3O7. The summed E-state index contributed by atoms with van der Waals surface area (Å²) in [6.45, 7) is -0.865. The number of nitrogens with one attached hydrogen (secondary N) is 2. The number of amides is 3. The minimum atomic E-state index is -5.01. The van der Waals surface area contributed by atoms with Gasteiger partial charge in [-0.2, -0.15) is 26.3 Å². The van der Waals surface area contributed by atoms with Crippen molar-refractivity contribution in [1.82, 2.24) is 15.5 Å². The molecule has 0 saturated carbocycles. The smallest absolute Gasteiger partial charge is 0.423 e. The van der Waals surface area contributed by atoms with Crippen LogP contribution in [-0.2, 0) is 39.8 Å². The summed E-state index contributed by atoms with van der Waals surface area (Å²) in [5, 5.41) is 24.5. The quantitative estimate of drug-likeness (QED) is 0.136. The van der Waals surface area contributed by atoms with Gasteiger partial charge < -0.3 is 30.3 Å². The second-order valence-electron chi connectivity index (χ2n) is 11.1. The third-order valence-electron chi connectivity index (χ3n) is 7.74. The second-order valence-corrected chi connectivity index (χ2v) is 12.7. The summed E-state index contributed by atoms with van der Waals surface area (Å²) in [6, 6.07) is 0.721. The van der Waals surface area contributed by atoms with Crippen molar-refractivity contribution in [3.63, 3.8) is 0 Å². The van der Waals surface area contributed by atoms with E-state index in [1.165, 1.54) is 6.92 Å². The van der Waals surface area contributed by atoms with Crippen LogP contribution in [0, 0.1) is 0 Å². The highest BCUT2D eigenvalue weighted by molar-refractivity contribution is 14.1. The molecule has 2 aromatic rings. The molecule has 3 unspecified atom stereocenters. The van der Waals surface area contributed by atoms with E-state index in [2.05, 4.69) is 10.6 Å². The van der Waals surface area contributed by atoms with Crippen LogP contribution < -0.4 is 21.6 Å². The standard InChI is InChI=1S/C28H26B2F6IN3O7/c1-12(42)2-3-38-25(44)23-22(37)8-15(9-40(23)26(45)14-5-18(27(31,32)33)16(10-41)20(29)6-14)39-24(43)13-4-19(28(34,35)36)17-11-47-30(46)21(17)7-13/h4-7,15,22-23,41,46H,2-3,8-11H2,1H3,(H,38,44)(H,39,43). The molecule has 2 aromatic carbocycles. The molecule has 2 aliphatic heterocycles. The van der Waals surface area contributed by atoms with Gasteiger partial charge in [0.1, 0.15) is 19.7 Å². The van der Waals surface area contributed by atoms with Crippen molar-refractivity contribution < 1.29 is 60.3 Å². The Hall–Kier alpha value is -3.16. The molecular weight excluding hydrogens is 753 g/mol. The monoisotopic (exact) mass is 779 g/mol. The Morgan fingerprint density at radius 1 is 1.06 bits per heavy atom. The zero-order valence-corrected chi connectivity index (χ0v) is 26.6. The Bertz CT molecular complexity index is 1590. The average Bonchev–Trinajstić information content (AvgIpc) is 3.34. The van der Waals surface area contributed by atoms with Gasteiger partial charge in [0.05, 0.1) is 24.3 Å². The van der Waals surface area contributed by atoms with Crippen molar-refractivity contribution in [2.24, 2.45) is 0 Å². The van der Waals surface area contributed by atoms with E-state index in [9.17, 15) is 55.7 Å². The van der Waals surface area contributed by atoms with Gasteiger partial charge in [-0.25, -0.2) is 0 Å². The summed E-state index contributed by atoms with van der Waals surface area (Å²) in [6.07, 6.45) is -9.94. The molecule has 250 valence electrons. The maximum Gasteiger partial charge on any atom is 0.491 e. The average molecular weight is 779 g/mol. The van der Waals surface area contributed by atoms with Crippen molar-refractivity contribution in [2.75, 3.05) is 13.1 Å². The molecule has 47 heavy (non-hydrogen) atoms. The molecule has 3 amide bonds. The van der Waals surface area contributed by atoms with Crippen LogP contribution in [0.4, 0.5) is 26.3 Å². The number of Topliss-reactive ketones (excluding diaryl/α,β-unsaturated/α-hetero) is 1. The topological polar surface area (TPSA) is 145 Å². The summed E-state index contributed by atoms with van der Waals surface area (Å²) >= 11 is 1.81. The van der Waals surface area contributed by atoms with E-state index in [0.29, 0.717) is 12.1 Å². The van der Waals surface area contributed by atoms with E-state index in [0.717, 1.165) is 17.0 Å². The van der Waals surface area contributed by atoms with E-state index in [-0.39, 0.29) is 36.2 Å². The van der Waals surface area contributed by atoms with Crippen LogP contribution >= 0.6 is 22.6 Å². The lowest BCUT2D eigenvalue weighted by molar-refractivity contribution is -0.139. The van der Waals surface area contributed by atoms with E-state index in [1.54, 1.807) is 0 Å². The molecule has 4 N–H and O–H groups in total. The maximum atomic E-state index is 13.8. The Labute approximate surface area is 279 Å². The van der Waals surface area contributed by atoms with E-state index >= 15 is 0 Å². The first-order valence-electron chi connectivity index (χ1n) is 14.0. The van der Waals surface area contributed by atoms with Crippen LogP contribution in [0.3, 0.4) is 0 Å². The number of alkyl halides is 7. The number of carbonyl (C=O) groups excluding carboxylic acids is 4. The normalized spacial score (nSPS) is 19.7. The van der Waals surface area contributed by atoms with Gasteiger partial charge in [0.25, 0.3) is 11.8 Å². The lowest BCUT2D eigenvalue weighted by atomic mass is 9.77. The molecule has 4 rings (SSSR count). The lowest BCUT2D eigenvalue weighted by Crippen LogP contribution is -2.62. The van der Waals surface area contributed by atoms with Gasteiger partial charge in [-0.3, -0.25) is 19.2 Å². The minimum Gasteiger partial charge on any atom is -0.423 e. The van der Waals surface area contributed by atoms with Crippen LogP contribution in [-0.4, -0.2) is 82.6 Å². The third-order valence-corrected chi connectivity index (χ3v) is 8.93. The first kappa shape index (κ1) is 36.7. The molecule has 0 spiro atoms. The van der Waals surface area contributed by atoms with Gasteiger partial charge in [-0.15, -0.1) is 0 Å². The fourth-order valence-electron chi connectivity index (χ4n) is 5.50. The highest BCUT2D eigenvalue weighted by Crippen LogP contribution is 2.35. The van der Waals surface area contributed by atoms with Gasteiger partial charge in [-0.05, 0) is 48.1 Å². The van der Waals surface area contributed by atoms with Gasteiger partial charge in [0, 0.05) is 40.6 Å². The van der Waals surface area contributed by atoms with Crippen LogP contribution in [0.1, 0.15) is 62.7 Å². The fraction of sp³-hybridized carbons (Fsp3) is 0.429. The Morgan fingerprint density at radius 3 is 2.30 bits per heavy atom. The number of halogens is 7. The predicted octanol–water partition coefficient (Wildman–Crippen LogP) is 1.14. The van der Waals surface area contributed by atoms with Crippen molar-refractivity contribution in [1.29, 1.82) is 0 Å². The Morgan fingerprint density at radius 2 is 1.70 bits per heavy atom. The second kappa shape index (κ2) is 14.1. The molecule has 2 radical (unpaired) electrons. The zero-order chi connectivity index (χ0) is 35.0. The van der Waals surface area contributed by atoms with Crippen LogP contribution in [0.2, 0.25) is 0 Å². The van der Waals surface area contributed by atoms with E-state index < -0.39 is 106 Å². The number of rotatable bonds is 8. The number of hydrogen-bond donors (Lipinski definition) is 4. The number of aliphatic hydroxyl groups excluding tert-OH is 1. The first-order valence-corrected chi connectivity index (χ1v) is 15.2. The van der Waals surface area contributed by atoms with E-state index in [1.807, 2.05) is 22.6 Å². The number of carbonyl (C=O) groups is 4. The molecule has 0 bridgehead atoms. The maximum absolute atomic E-state index is 13.8. The number of aliphatic hydroxyl groups is 1. The zero-order valence-electron chi connectivity index (χ0n) is 24.5. The van der Waals surface area contributed by atoms with Gasteiger partial charge in [0.2, 0.25) is 5.91 Å². The molecule has 0 aromatic heterocycles. The molecule has 1 fully saturated rings. The lowest BCUT2D eigenvalue weighted by Gasteiger charge is -2.42. The molecule has 2 heterocycles. The van der Waals surface area contributed by atoms with Gasteiger partial charge in [0.15, 0.2) is 0 Å². The minimum absolute atomic E-state index is 0.00305. The summed E-state index contributed by atoms with van der Waals surface area (Å²) in [4.78, 5) is 52.6. The van der Waals surface area contributed by atoms with Crippen molar-refractivity contribution >= 4 is 72.0 Å². The van der Waals surface area contributed by atoms with Gasteiger partial charge >= 0.3 is 19.5 Å². The molecule has 2 aliphatic rings. The van der Waals surface area contributed by atoms with Crippen molar-refractivity contribution in [3.05, 3.63) is 57.6 Å². The molecule has 19 heteroatoms. The molecule has 1 saturated heterocycles. The summed E-state index contributed by atoms with van der Waals surface area (Å²) in [5.41, 5.74) is -5.38. The summed E-state index contributed by atoms with van der Waals surface area (Å²) in [5.74, 6) is -3.08. The van der Waals surface area contributed by atoms with E-state index in [4.69, 9.17) is 12.5 Å². The Balaban J connectivity index is 1.68. The van der Waals surface area contributed by atoms with Gasteiger partial charge in [-0.1, -0.05) is 34.1 Å². The predicted molar refractivity (Wildman–Crippen MR) is 163 cm³/mol. The number of hydrogen-bond acceptors (Lipinski definition) is 7. The highest BCUT2D eigenvalue weighted by Gasteiger charge is 2.44. The molecule has 10 nitrogen and oxygen atoms in total. The van der Waals surface area contributed by atoms with Crippen LogP contribution in [0.25, 0.3) is 0 Å². The largest absolute Gasteiger partial charge is 0.491 e. The number of piperidine rings is 1. The number of ketones is 1. The Kier molecular flexibility index (Phi) is 11.0. The fourth-order valence-corrected chi connectivity index (χ4v) is 6.83. The third kappa shape index (κ3) is 8.11. The number of fused-ring (bicyclic) bond motifs is 1.